The number of rotatable bonds is 5. The molecule has 25 heavy (non-hydrogen) atoms. The summed E-state index contributed by atoms with van der Waals surface area (Å²) < 4.78 is 27.5. The van der Waals surface area contributed by atoms with Gasteiger partial charge in [-0.1, -0.05) is 18.2 Å². The quantitative estimate of drug-likeness (QED) is 0.715. The lowest BCUT2D eigenvalue weighted by Crippen LogP contribution is -2.14. The van der Waals surface area contributed by atoms with Gasteiger partial charge in [0.2, 0.25) is 5.91 Å². The topological polar surface area (TPSA) is 101 Å². The summed E-state index contributed by atoms with van der Waals surface area (Å²) in [5.74, 6) is -0.0780. The molecule has 0 aliphatic carbocycles. The molecule has 0 bridgehead atoms. The second-order valence-corrected chi connectivity index (χ2v) is 7.91. The fourth-order valence-corrected chi connectivity index (χ4v) is 4.17. The fourth-order valence-electron chi connectivity index (χ4n) is 2.17. The Hall–Kier alpha value is -2.78. The van der Waals surface area contributed by atoms with Gasteiger partial charge in [-0.05, 0) is 23.6 Å². The molecule has 0 atom stereocenters. The Morgan fingerprint density at radius 3 is 2.64 bits per heavy atom. The van der Waals surface area contributed by atoms with Gasteiger partial charge in [0.15, 0.2) is 5.82 Å². The Kier molecular flexibility index (Phi) is 4.77. The Balaban J connectivity index is 1.98. The van der Waals surface area contributed by atoms with E-state index >= 15 is 0 Å². The van der Waals surface area contributed by atoms with Crippen LogP contribution < -0.4 is 10.0 Å². The molecule has 0 unspecified atom stereocenters. The van der Waals surface area contributed by atoms with Crippen LogP contribution in [0, 0.1) is 0 Å². The molecule has 2 N–H and O–H groups in total. The number of hydrogen-bond donors (Lipinski definition) is 2. The minimum Gasteiger partial charge on any atom is -0.326 e. The second-order valence-electron chi connectivity index (χ2n) is 5.05. The van der Waals surface area contributed by atoms with Crippen LogP contribution in [0.4, 0.5) is 11.5 Å². The maximum Gasteiger partial charge on any atom is 0.272 e. The molecule has 2 aromatic heterocycles. The predicted octanol–water partition coefficient (Wildman–Crippen LogP) is 2.96. The van der Waals surface area contributed by atoms with Gasteiger partial charge in [-0.25, -0.2) is 13.4 Å². The number of amides is 1. The van der Waals surface area contributed by atoms with Gasteiger partial charge in [0, 0.05) is 30.6 Å². The summed E-state index contributed by atoms with van der Waals surface area (Å²) in [7, 11) is -3.73. The lowest BCUT2D eigenvalue weighted by molar-refractivity contribution is -0.114. The van der Waals surface area contributed by atoms with Crippen LogP contribution in [0.15, 0.2) is 58.4 Å². The highest BCUT2D eigenvalue weighted by molar-refractivity contribution is 7.94. The molecule has 2 heterocycles. The Bertz CT molecular complexity index is 1000. The minimum absolute atomic E-state index is 0.121. The van der Waals surface area contributed by atoms with Crippen LogP contribution in [0.3, 0.4) is 0 Å². The molecule has 0 aliphatic rings. The molecule has 0 aliphatic heterocycles. The number of aromatic nitrogens is 2. The van der Waals surface area contributed by atoms with Crippen LogP contribution in [0.2, 0.25) is 0 Å². The monoisotopic (exact) mass is 374 g/mol. The molecule has 1 amide bonds. The molecule has 0 radical (unpaired) electrons. The summed E-state index contributed by atoms with van der Waals surface area (Å²) in [6.07, 6.45) is 2.89. The van der Waals surface area contributed by atoms with Crippen LogP contribution in [0.1, 0.15) is 6.92 Å². The molecule has 128 valence electrons. The fraction of sp³-hybridized carbons (Fsp3) is 0.0625. The van der Waals surface area contributed by atoms with E-state index in [9.17, 15) is 13.2 Å². The Morgan fingerprint density at radius 2 is 1.92 bits per heavy atom. The van der Waals surface area contributed by atoms with E-state index in [1.54, 1.807) is 35.7 Å². The maximum atomic E-state index is 12.4. The maximum absolute atomic E-state index is 12.4. The third-order valence-corrected chi connectivity index (χ3v) is 5.88. The van der Waals surface area contributed by atoms with Crippen molar-refractivity contribution in [2.45, 2.75) is 11.1 Å². The van der Waals surface area contributed by atoms with Crippen LogP contribution in [-0.2, 0) is 14.8 Å². The van der Waals surface area contributed by atoms with E-state index in [4.69, 9.17) is 0 Å². The standard InChI is InChI=1S/C16H14N4O3S2/c1-11(21)19-13-5-2-4-12(10-13)15-16(18-8-7-17-15)20-25(22,23)14-6-3-9-24-14/h2-10H,1H3,(H,18,20)(H,19,21). The molecular formula is C16H14N4O3S2. The van der Waals surface area contributed by atoms with Crippen molar-refractivity contribution in [1.29, 1.82) is 0 Å². The number of sulfonamides is 1. The first-order chi connectivity index (χ1) is 12.0. The minimum atomic E-state index is -3.73. The largest absolute Gasteiger partial charge is 0.326 e. The second kappa shape index (κ2) is 6.99. The molecule has 0 saturated carbocycles. The Morgan fingerprint density at radius 1 is 1.12 bits per heavy atom. The SMILES string of the molecule is CC(=O)Nc1cccc(-c2nccnc2NS(=O)(=O)c2cccs2)c1. The van der Waals surface area contributed by atoms with Gasteiger partial charge in [0.1, 0.15) is 9.90 Å². The summed E-state index contributed by atoms with van der Waals surface area (Å²) in [6.45, 7) is 1.41. The number of nitrogens with zero attached hydrogens (tertiary/aromatic N) is 2. The molecular weight excluding hydrogens is 360 g/mol. The third kappa shape index (κ3) is 4.01. The summed E-state index contributed by atoms with van der Waals surface area (Å²) in [4.78, 5) is 19.6. The van der Waals surface area contributed by atoms with Crippen molar-refractivity contribution in [3.63, 3.8) is 0 Å². The summed E-state index contributed by atoms with van der Waals surface area (Å²) in [5, 5.41) is 4.36. The van der Waals surface area contributed by atoms with Crippen molar-refractivity contribution in [3.8, 4) is 11.3 Å². The zero-order chi connectivity index (χ0) is 17.9. The zero-order valence-corrected chi connectivity index (χ0v) is 14.8. The summed E-state index contributed by atoms with van der Waals surface area (Å²) in [5.41, 5.74) is 1.58. The van der Waals surface area contributed by atoms with Gasteiger partial charge < -0.3 is 5.32 Å². The van der Waals surface area contributed by atoms with Gasteiger partial charge in [-0.3, -0.25) is 14.5 Å². The number of carbonyl (C=O) groups excluding carboxylic acids is 1. The molecule has 3 rings (SSSR count). The number of nitrogens with one attached hydrogen (secondary N) is 2. The number of hydrogen-bond acceptors (Lipinski definition) is 6. The molecule has 7 nitrogen and oxygen atoms in total. The molecule has 9 heteroatoms. The van der Waals surface area contributed by atoms with Crippen molar-refractivity contribution >= 4 is 38.8 Å². The zero-order valence-electron chi connectivity index (χ0n) is 13.1. The number of thiophene rings is 1. The summed E-state index contributed by atoms with van der Waals surface area (Å²) in [6, 6.07) is 10.1. The van der Waals surface area contributed by atoms with Gasteiger partial charge in [0.05, 0.1) is 0 Å². The molecule has 0 spiro atoms. The van der Waals surface area contributed by atoms with E-state index in [0.717, 1.165) is 11.3 Å². The smallest absolute Gasteiger partial charge is 0.272 e. The molecule has 0 saturated heterocycles. The predicted molar refractivity (Wildman–Crippen MR) is 96.9 cm³/mol. The van der Waals surface area contributed by atoms with E-state index in [-0.39, 0.29) is 15.9 Å². The van der Waals surface area contributed by atoms with E-state index in [1.807, 2.05) is 0 Å². The van der Waals surface area contributed by atoms with Gasteiger partial charge >= 0.3 is 0 Å². The van der Waals surface area contributed by atoms with Crippen LogP contribution >= 0.6 is 11.3 Å². The first-order valence-corrected chi connectivity index (χ1v) is 9.57. The lowest BCUT2D eigenvalue weighted by Gasteiger charge is -2.11. The van der Waals surface area contributed by atoms with Gasteiger partial charge in [0.25, 0.3) is 10.0 Å². The van der Waals surface area contributed by atoms with Crippen LogP contribution in [-0.4, -0.2) is 24.3 Å². The van der Waals surface area contributed by atoms with Crippen LogP contribution in [0.25, 0.3) is 11.3 Å². The molecule has 3 aromatic rings. The first-order valence-electron chi connectivity index (χ1n) is 7.21. The van der Waals surface area contributed by atoms with Gasteiger partial charge in [-0.2, -0.15) is 0 Å². The highest BCUT2D eigenvalue weighted by atomic mass is 32.2. The molecule has 0 fully saturated rings. The van der Waals surface area contributed by atoms with Crippen LogP contribution in [0.5, 0.6) is 0 Å². The first kappa shape index (κ1) is 17.1. The Labute approximate surface area is 148 Å². The average molecular weight is 374 g/mol. The van der Waals surface area contributed by atoms with E-state index in [2.05, 4.69) is 20.0 Å². The third-order valence-electron chi connectivity index (χ3n) is 3.15. The van der Waals surface area contributed by atoms with Crippen molar-refractivity contribution in [2.24, 2.45) is 0 Å². The van der Waals surface area contributed by atoms with E-state index in [0.29, 0.717) is 16.9 Å². The van der Waals surface area contributed by atoms with Crippen molar-refractivity contribution < 1.29 is 13.2 Å². The number of carbonyl (C=O) groups is 1. The highest BCUT2D eigenvalue weighted by Crippen LogP contribution is 2.28. The normalized spacial score (nSPS) is 11.1. The van der Waals surface area contributed by atoms with Crippen molar-refractivity contribution in [1.82, 2.24) is 9.97 Å². The number of anilines is 2. The highest BCUT2D eigenvalue weighted by Gasteiger charge is 2.19. The van der Waals surface area contributed by atoms with Gasteiger partial charge in [-0.15, -0.1) is 11.3 Å². The summed E-state index contributed by atoms with van der Waals surface area (Å²) >= 11 is 1.11. The lowest BCUT2D eigenvalue weighted by atomic mass is 10.1. The van der Waals surface area contributed by atoms with Crippen molar-refractivity contribution in [3.05, 3.63) is 54.2 Å². The van der Waals surface area contributed by atoms with Crippen molar-refractivity contribution in [2.75, 3.05) is 10.0 Å². The average Bonchev–Trinajstić information content (AvgIpc) is 3.10. The number of benzene rings is 1. The molecule has 1 aromatic carbocycles. The van der Waals surface area contributed by atoms with E-state index < -0.39 is 10.0 Å². The van der Waals surface area contributed by atoms with E-state index in [1.165, 1.54) is 25.4 Å².